The van der Waals surface area contributed by atoms with Crippen LogP contribution in [0.15, 0.2) is 16.6 Å². The van der Waals surface area contributed by atoms with E-state index in [9.17, 15) is 4.79 Å². The van der Waals surface area contributed by atoms with Gasteiger partial charge in [0.05, 0.1) is 0 Å². The standard InChI is InChI=1S/C12H13BrO/c1-3-8-5-10-9(11(13)6-8)4-7(2)12(10)14/h5-7H,3-4H2,1-2H3/t7-/m1/s1. The fraction of sp³-hybridized carbons (Fsp3) is 0.417. The Morgan fingerprint density at radius 1 is 1.50 bits per heavy atom. The quantitative estimate of drug-likeness (QED) is 0.749. The number of ketones is 1. The molecule has 1 nitrogen and oxygen atoms in total. The molecule has 0 bridgehead atoms. The SMILES string of the molecule is CCc1cc(Br)c2c(c1)C(=O)[C@H](C)C2. The van der Waals surface area contributed by atoms with Gasteiger partial charge in [-0.25, -0.2) is 0 Å². The number of carbonyl (C=O) groups excluding carboxylic acids is 1. The third-order valence-electron chi connectivity index (χ3n) is 2.89. The van der Waals surface area contributed by atoms with Crippen molar-refractivity contribution in [1.29, 1.82) is 0 Å². The summed E-state index contributed by atoms with van der Waals surface area (Å²) in [6, 6.07) is 4.18. The fourth-order valence-corrected chi connectivity index (χ4v) is 2.66. The third kappa shape index (κ3) is 1.42. The molecule has 0 aliphatic heterocycles. The monoisotopic (exact) mass is 252 g/mol. The van der Waals surface area contributed by atoms with Crippen LogP contribution in [0.4, 0.5) is 0 Å². The van der Waals surface area contributed by atoms with Gasteiger partial charge in [-0.15, -0.1) is 0 Å². The molecule has 1 atom stereocenters. The molecule has 0 spiro atoms. The van der Waals surface area contributed by atoms with Crippen molar-refractivity contribution in [2.75, 3.05) is 0 Å². The van der Waals surface area contributed by atoms with Gasteiger partial charge < -0.3 is 0 Å². The molecule has 0 heterocycles. The summed E-state index contributed by atoms with van der Waals surface area (Å²) < 4.78 is 1.10. The predicted molar refractivity (Wildman–Crippen MR) is 60.7 cm³/mol. The Morgan fingerprint density at radius 2 is 2.21 bits per heavy atom. The summed E-state index contributed by atoms with van der Waals surface area (Å²) in [5.41, 5.74) is 3.36. The van der Waals surface area contributed by atoms with Crippen LogP contribution in [0.1, 0.15) is 35.3 Å². The number of benzene rings is 1. The van der Waals surface area contributed by atoms with E-state index < -0.39 is 0 Å². The molecule has 1 aromatic carbocycles. The minimum Gasteiger partial charge on any atom is -0.294 e. The van der Waals surface area contributed by atoms with Crippen molar-refractivity contribution in [3.8, 4) is 0 Å². The molecule has 0 saturated heterocycles. The first-order valence-electron chi connectivity index (χ1n) is 4.99. The van der Waals surface area contributed by atoms with Crippen molar-refractivity contribution in [2.45, 2.75) is 26.7 Å². The summed E-state index contributed by atoms with van der Waals surface area (Å²) in [4.78, 5) is 11.8. The summed E-state index contributed by atoms with van der Waals surface area (Å²) in [6.45, 7) is 4.11. The van der Waals surface area contributed by atoms with Crippen LogP contribution in [-0.4, -0.2) is 5.78 Å². The maximum atomic E-state index is 11.8. The zero-order valence-electron chi connectivity index (χ0n) is 8.43. The summed E-state index contributed by atoms with van der Waals surface area (Å²) in [5.74, 6) is 0.462. The van der Waals surface area contributed by atoms with E-state index in [1.165, 1.54) is 11.1 Å². The van der Waals surface area contributed by atoms with Crippen molar-refractivity contribution in [3.63, 3.8) is 0 Å². The molecule has 0 aromatic heterocycles. The van der Waals surface area contributed by atoms with E-state index in [4.69, 9.17) is 0 Å². The van der Waals surface area contributed by atoms with Crippen LogP contribution in [0.3, 0.4) is 0 Å². The van der Waals surface area contributed by atoms with Crippen molar-refractivity contribution < 1.29 is 4.79 Å². The van der Waals surface area contributed by atoms with Gasteiger partial charge in [-0.05, 0) is 36.1 Å². The summed E-state index contributed by atoms with van der Waals surface area (Å²) in [5, 5.41) is 0. The zero-order chi connectivity index (χ0) is 10.3. The second-order valence-electron chi connectivity index (χ2n) is 3.93. The topological polar surface area (TPSA) is 17.1 Å². The minimum absolute atomic E-state index is 0.161. The van der Waals surface area contributed by atoms with Crippen molar-refractivity contribution in [2.24, 2.45) is 5.92 Å². The molecular weight excluding hydrogens is 240 g/mol. The molecule has 74 valence electrons. The van der Waals surface area contributed by atoms with E-state index in [1.54, 1.807) is 0 Å². The van der Waals surface area contributed by atoms with Crippen LogP contribution in [0.2, 0.25) is 0 Å². The fourth-order valence-electron chi connectivity index (χ4n) is 1.99. The average Bonchev–Trinajstić information content (AvgIpc) is 2.45. The van der Waals surface area contributed by atoms with Crippen LogP contribution in [-0.2, 0) is 12.8 Å². The second-order valence-corrected chi connectivity index (χ2v) is 4.78. The van der Waals surface area contributed by atoms with Gasteiger partial charge in [0.2, 0.25) is 0 Å². The lowest BCUT2D eigenvalue weighted by Gasteiger charge is -2.04. The Bertz CT molecular complexity index is 396. The molecule has 0 radical (unpaired) electrons. The van der Waals surface area contributed by atoms with E-state index in [-0.39, 0.29) is 5.92 Å². The van der Waals surface area contributed by atoms with Gasteiger partial charge in [-0.3, -0.25) is 4.79 Å². The Labute approximate surface area is 92.6 Å². The first-order valence-corrected chi connectivity index (χ1v) is 5.78. The van der Waals surface area contributed by atoms with Crippen LogP contribution in [0.25, 0.3) is 0 Å². The number of aryl methyl sites for hydroxylation is 1. The van der Waals surface area contributed by atoms with Crippen LogP contribution in [0, 0.1) is 5.92 Å². The number of halogens is 1. The van der Waals surface area contributed by atoms with Gasteiger partial charge in [0, 0.05) is 16.0 Å². The van der Waals surface area contributed by atoms with Crippen LogP contribution in [0.5, 0.6) is 0 Å². The molecule has 0 fully saturated rings. The first kappa shape index (κ1) is 9.91. The molecule has 2 heteroatoms. The Kier molecular flexibility index (Phi) is 2.48. The van der Waals surface area contributed by atoms with Gasteiger partial charge in [0.25, 0.3) is 0 Å². The summed E-state index contributed by atoms with van der Waals surface area (Å²) >= 11 is 3.54. The number of rotatable bonds is 1. The van der Waals surface area contributed by atoms with Crippen molar-refractivity contribution in [1.82, 2.24) is 0 Å². The molecule has 2 rings (SSSR count). The second kappa shape index (κ2) is 3.50. The average molecular weight is 253 g/mol. The van der Waals surface area contributed by atoms with E-state index in [0.29, 0.717) is 5.78 Å². The number of carbonyl (C=O) groups is 1. The van der Waals surface area contributed by atoms with E-state index in [1.807, 2.05) is 13.0 Å². The predicted octanol–water partition coefficient (Wildman–Crippen LogP) is 3.39. The lowest BCUT2D eigenvalue weighted by atomic mass is 10.0. The van der Waals surface area contributed by atoms with Crippen LogP contribution < -0.4 is 0 Å². The molecular formula is C12H13BrO. The summed E-state index contributed by atoms with van der Waals surface area (Å²) in [6.07, 6.45) is 1.87. The highest BCUT2D eigenvalue weighted by Gasteiger charge is 2.28. The van der Waals surface area contributed by atoms with Gasteiger partial charge in [-0.2, -0.15) is 0 Å². The van der Waals surface area contributed by atoms with Crippen LogP contribution >= 0.6 is 15.9 Å². The van der Waals surface area contributed by atoms with E-state index in [0.717, 1.165) is 22.9 Å². The zero-order valence-corrected chi connectivity index (χ0v) is 10.0. The van der Waals surface area contributed by atoms with Gasteiger partial charge in [-0.1, -0.05) is 29.8 Å². The van der Waals surface area contributed by atoms with Crippen molar-refractivity contribution >= 4 is 21.7 Å². The summed E-state index contributed by atoms with van der Waals surface area (Å²) in [7, 11) is 0. The van der Waals surface area contributed by atoms with E-state index in [2.05, 4.69) is 28.9 Å². The molecule has 14 heavy (non-hydrogen) atoms. The maximum absolute atomic E-state index is 11.8. The Balaban J connectivity index is 2.58. The molecule has 1 aromatic rings. The largest absolute Gasteiger partial charge is 0.294 e. The highest BCUT2D eigenvalue weighted by atomic mass is 79.9. The Hall–Kier alpha value is -0.630. The molecule has 1 aliphatic carbocycles. The lowest BCUT2D eigenvalue weighted by molar-refractivity contribution is 0.0946. The van der Waals surface area contributed by atoms with Gasteiger partial charge >= 0.3 is 0 Å². The third-order valence-corrected chi connectivity index (χ3v) is 3.59. The van der Waals surface area contributed by atoms with Gasteiger partial charge in [0.15, 0.2) is 5.78 Å². The smallest absolute Gasteiger partial charge is 0.166 e. The maximum Gasteiger partial charge on any atom is 0.166 e. The molecule has 1 aliphatic rings. The highest BCUT2D eigenvalue weighted by molar-refractivity contribution is 9.10. The Morgan fingerprint density at radius 3 is 2.86 bits per heavy atom. The molecule has 0 saturated carbocycles. The number of hydrogen-bond acceptors (Lipinski definition) is 1. The molecule has 0 amide bonds. The first-order chi connectivity index (χ1) is 6.63. The molecule has 0 N–H and O–H groups in total. The normalized spacial score (nSPS) is 19.9. The number of hydrogen-bond donors (Lipinski definition) is 0. The lowest BCUT2D eigenvalue weighted by Crippen LogP contribution is -2.03. The van der Waals surface area contributed by atoms with Gasteiger partial charge in [0.1, 0.15) is 0 Å². The highest BCUT2D eigenvalue weighted by Crippen LogP contribution is 2.33. The van der Waals surface area contributed by atoms with E-state index >= 15 is 0 Å². The molecule has 0 unspecified atom stereocenters. The van der Waals surface area contributed by atoms with Crippen molar-refractivity contribution in [3.05, 3.63) is 33.3 Å². The number of Topliss-reactive ketones (excluding diaryl/α,β-unsaturated/α-hetero) is 1. The number of fused-ring (bicyclic) bond motifs is 1. The minimum atomic E-state index is 0.161.